The fraction of sp³-hybridized carbons (Fsp3) is 0. The van der Waals surface area contributed by atoms with Crippen LogP contribution < -0.4 is 5.63 Å². The number of fused-ring (bicyclic) bond motifs is 1. The first-order chi connectivity index (χ1) is 11.3. The lowest BCUT2D eigenvalue weighted by atomic mass is 10.00. The summed E-state index contributed by atoms with van der Waals surface area (Å²) in [5.74, 6) is 0. The van der Waals surface area contributed by atoms with Gasteiger partial charge in [-0.15, -0.1) is 0 Å². The van der Waals surface area contributed by atoms with Gasteiger partial charge in [-0.05, 0) is 35.4 Å². The van der Waals surface area contributed by atoms with E-state index in [9.17, 15) is 4.79 Å². The van der Waals surface area contributed by atoms with Crippen molar-refractivity contribution in [3.8, 4) is 22.4 Å². The summed E-state index contributed by atoms with van der Waals surface area (Å²) in [6.07, 6.45) is 1.67. The third-order valence-electron chi connectivity index (χ3n) is 3.80. The molecule has 4 aromatic rings. The minimum Gasteiger partial charge on any atom is -0.422 e. The van der Waals surface area contributed by atoms with E-state index in [1.54, 1.807) is 6.20 Å². The molecule has 3 heteroatoms. The largest absolute Gasteiger partial charge is 0.422 e. The highest BCUT2D eigenvalue weighted by Gasteiger charge is 2.11. The summed E-state index contributed by atoms with van der Waals surface area (Å²) in [7, 11) is 0. The maximum absolute atomic E-state index is 12.3. The van der Waals surface area contributed by atoms with Crippen molar-refractivity contribution in [3.63, 3.8) is 0 Å². The van der Waals surface area contributed by atoms with Crippen molar-refractivity contribution >= 4 is 11.0 Å². The first-order valence-electron chi connectivity index (χ1n) is 7.36. The monoisotopic (exact) mass is 299 g/mol. The van der Waals surface area contributed by atoms with E-state index in [2.05, 4.69) is 4.98 Å². The Bertz CT molecular complexity index is 1020. The Hall–Kier alpha value is -3.20. The lowest BCUT2D eigenvalue weighted by Crippen LogP contribution is -2.04. The molecular weight excluding hydrogens is 286 g/mol. The van der Waals surface area contributed by atoms with Gasteiger partial charge in [0, 0.05) is 11.6 Å². The number of aromatic nitrogens is 1. The van der Waals surface area contributed by atoms with Crippen LogP contribution >= 0.6 is 0 Å². The van der Waals surface area contributed by atoms with Crippen LogP contribution in [0.3, 0.4) is 0 Å². The molecule has 4 rings (SSSR count). The van der Waals surface area contributed by atoms with Crippen LogP contribution in [0, 0.1) is 0 Å². The maximum Gasteiger partial charge on any atom is 0.345 e. The Kier molecular flexibility index (Phi) is 3.24. The molecule has 0 aliphatic rings. The van der Waals surface area contributed by atoms with Gasteiger partial charge in [0.15, 0.2) is 0 Å². The molecule has 0 N–H and O–H groups in total. The summed E-state index contributed by atoms with van der Waals surface area (Å²) in [4.78, 5) is 16.5. The number of hydrogen-bond donors (Lipinski definition) is 0. The smallest absolute Gasteiger partial charge is 0.345 e. The number of rotatable bonds is 2. The van der Waals surface area contributed by atoms with Crippen molar-refractivity contribution in [2.75, 3.05) is 0 Å². The standard InChI is InChI=1S/C20H13NO2/c22-20-17(18-10-4-5-12-21-18)13-16-15(9-6-11-19(16)23-20)14-7-2-1-3-8-14/h1-13H. The maximum atomic E-state index is 12.3. The van der Waals surface area contributed by atoms with Crippen LogP contribution in [-0.4, -0.2) is 4.98 Å². The minimum absolute atomic E-state index is 0.374. The molecule has 23 heavy (non-hydrogen) atoms. The molecule has 0 aliphatic carbocycles. The lowest BCUT2D eigenvalue weighted by molar-refractivity contribution is 0.563. The van der Waals surface area contributed by atoms with Crippen LogP contribution in [0.15, 0.2) is 88.2 Å². The van der Waals surface area contributed by atoms with Crippen molar-refractivity contribution in [3.05, 3.63) is 89.4 Å². The molecule has 0 atom stereocenters. The van der Waals surface area contributed by atoms with Crippen LogP contribution in [0.1, 0.15) is 0 Å². The van der Waals surface area contributed by atoms with Gasteiger partial charge in [0.2, 0.25) is 0 Å². The highest BCUT2D eigenvalue weighted by atomic mass is 16.4. The van der Waals surface area contributed by atoms with Crippen molar-refractivity contribution in [2.24, 2.45) is 0 Å². The summed E-state index contributed by atoms with van der Waals surface area (Å²) in [6, 6.07) is 23.1. The topological polar surface area (TPSA) is 43.1 Å². The molecule has 3 nitrogen and oxygen atoms in total. The van der Waals surface area contributed by atoms with Crippen molar-refractivity contribution in [1.82, 2.24) is 4.98 Å². The normalized spacial score (nSPS) is 10.8. The van der Waals surface area contributed by atoms with Crippen LogP contribution in [0.25, 0.3) is 33.4 Å². The zero-order chi connectivity index (χ0) is 15.6. The molecule has 0 saturated carbocycles. The van der Waals surface area contributed by atoms with E-state index in [0.717, 1.165) is 16.5 Å². The van der Waals surface area contributed by atoms with Crippen LogP contribution in [0.5, 0.6) is 0 Å². The summed E-state index contributed by atoms with van der Waals surface area (Å²) in [6.45, 7) is 0. The Labute approximate surface area is 132 Å². The van der Waals surface area contributed by atoms with Gasteiger partial charge >= 0.3 is 5.63 Å². The zero-order valence-corrected chi connectivity index (χ0v) is 12.3. The molecule has 0 aliphatic heterocycles. The molecule has 2 heterocycles. The molecule has 0 spiro atoms. The predicted molar refractivity (Wildman–Crippen MR) is 91.2 cm³/mol. The molecule has 0 saturated heterocycles. The third-order valence-corrected chi connectivity index (χ3v) is 3.80. The summed E-state index contributed by atoms with van der Waals surface area (Å²) < 4.78 is 5.51. The molecule has 110 valence electrons. The molecule has 0 radical (unpaired) electrons. The first kappa shape index (κ1) is 13.5. The van der Waals surface area contributed by atoms with Gasteiger partial charge < -0.3 is 4.42 Å². The SMILES string of the molecule is O=c1oc2cccc(-c3ccccc3)c2cc1-c1ccccn1. The van der Waals surface area contributed by atoms with E-state index in [-0.39, 0.29) is 5.63 Å². The highest BCUT2D eigenvalue weighted by Crippen LogP contribution is 2.29. The Morgan fingerprint density at radius 1 is 0.783 bits per heavy atom. The van der Waals surface area contributed by atoms with Gasteiger partial charge in [-0.1, -0.05) is 48.5 Å². The Balaban J connectivity index is 2.02. The van der Waals surface area contributed by atoms with Gasteiger partial charge in [0.1, 0.15) is 5.58 Å². The van der Waals surface area contributed by atoms with Gasteiger partial charge in [0.25, 0.3) is 0 Å². The quantitative estimate of drug-likeness (QED) is 0.511. The molecule has 0 unspecified atom stereocenters. The second kappa shape index (κ2) is 5.54. The fourth-order valence-corrected chi connectivity index (χ4v) is 2.71. The van der Waals surface area contributed by atoms with E-state index in [1.807, 2.05) is 72.8 Å². The average Bonchev–Trinajstić information content (AvgIpc) is 2.62. The van der Waals surface area contributed by atoms with E-state index in [4.69, 9.17) is 4.42 Å². The zero-order valence-electron chi connectivity index (χ0n) is 12.3. The van der Waals surface area contributed by atoms with Crippen LogP contribution in [0.2, 0.25) is 0 Å². The Morgan fingerprint density at radius 3 is 2.39 bits per heavy atom. The second-order valence-electron chi connectivity index (χ2n) is 5.25. The summed E-state index contributed by atoms with van der Waals surface area (Å²) in [5, 5.41) is 0.902. The molecule has 2 aromatic heterocycles. The van der Waals surface area contributed by atoms with Gasteiger partial charge in [0.05, 0.1) is 11.3 Å². The number of benzene rings is 2. The molecule has 0 amide bonds. The van der Waals surface area contributed by atoms with Crippen LogP contribution in [0.4, 0.5) is 0 Å². The third kappa shape index (κ3) is 2.42. The van der Waals surface area contributed by atoms with Crippen LogP contribution in [-0.2, 0) is 0 Å². The number of nitrogens with zero attached hydrogens (tertiary/aromatic N) is 1. The fourth-order valence-electron chi connectivity index (χ4n) is 2.71. The van der Waals surface area contributed by atoms with E-state index in [1.165, 1.54) is 0 Å². The minimum atomic E-state index is -0.374. The van der Waals surface area contributed by atoms with E-state index in [0.29, 0.717) is 16.8 Å². The van der Waals surface area contributed by atoms with Crippen molar-refractivity contribution in [2.45, 2.75) is 0 Å². The average molecular weight is 299 g/mol. The Morgan fingerprint density at radius 2 is 1.61 bits per heavy atom. The molecule has 2 aromatic carbocycles. The predicted octanol–water partition coefficient (Wildman–Crippen LogP) is 4.52. The van der Waals surface area contributed by atoms with E-state index >= 15 is 0 Å². The molecule has 0 fully saturated rings. The molecular formula is C20H13NO2. The van der Waals surface area contributed by atoms with Gasteiger partial charge in [-0.3, -0.25) is 4.98 Å². The molecule has 0 bridgehead atoms. The first-order valence-corrected chi connectivity index (χ1v) is 7.36. The van der Waals surface area contributed by atoms with Gasteiger partial charge in [-0.25, -0.2) is 4.79 Å². The van der Waals surface area contributed by atoms with Crippen molar-refractivity contribution in [1.29, 1.82) is 0 Å². The summed E-state index contributed by atoms with van der Waals surface area (Å²) in [5.41, 5.74) is 3.41. The summed E-state index contributed by atoms with van der Waals surface area (Å²) >= 11 is 0. The van der Waals surface area contributed by atoms with Gasteiger partial charge in [-0.2, -0.15) is 0 Å². The second-order valence-corrected chi connectivity index (χ2v) is 5.25. The lowest BCUT2D eigenvalue weighted by Gasteiger charge is -2.07. The highest BCUT2D eigenvalue weighted by molar-refractivity contribution is 5.95. The van der Waals surface area contributed by atoms with E-state index < -0.39 is 0 Å². The number of pyridine rings is 1. The van der Waals surface area contributed by atoms with Crippen molar-refractivity contribution < 1.29 is 4.42 Å². The number of hydrogen-bond acceptors (Lipinski definition) is 3.